The molecule has 134 valence electrons. The van der Waals surface area contributed by atoms with Crippen LogP contribution in [0.3, 0.4) is 0 Å². The average Bonchev–Trinajstić information content (AvgIpc) is 3.14. The maximum Gasteiger partial charge on any atom is 0.173 e. The second kappa shape index (κ2) is 8.06. The van der Waals surface area contributed by atoms with Gasteiger partial charge in [0.1, 0.15) is 0 Å². The smallest absolute Gasteiger partial charge is 0.173 e. The van der Waals surface area contributed by atoms with E-state index < -0.39 is 0 Å². The van der Waals surface area contributed by atoms with Gasteiger partial charge in [-0.05, 0) is 41.0 Å². The van der Waals surface area contributed by atoms with Gasteiger partial charge in [-0.1, -0.05) is 43.0 Å². The molecule has 1 atom stereocenters. The van der Waals surface area contributed by atoms with E-state index >= 15 is 0 Å². The number of aromatic nitrogens is 4. The van der Waals surface area contributed by atoms with E-state index in [4.69, 9.17) is 11.6 Å². The van der Waals surface area contributed by atoms with Crippen LogP contribution in [-0.2, 0) is 0 Å². The van der Waals surface area contributed by atoms with Crippen molar-refractivity contribution in [3.63, 3.8) is 0 Å². The van der Waals surface area contributed by atoms with Gasteiger partial charge in [-0.15, -0.1) is 5.10 Å². The molecule has 1 aromatic heterocycles. The molecule has 0 unspecified atom stereocenters. The molecule has 0 bridgehead atoms. The molecule has 1 aromatic carbocycles. The molecule has 0 amide bonds. The first-order chi connectivity index (χ1) is 12.3. The first-order valence-corrected chi connectivity index (χ1v) is 10.7. The Bertz CT molecular complexity index is 677. The fourth-order valence-electron chi connectivity index (χ4n) is 3.97. The fraction of sp³-hybridized carbons (Fsp3) is 0.611. The van der Waals surface area contributed by atoms with Gasteiger partial charge in [-0.25, -0.2) is 4.68 Å². The normalized spacial score (nSPS) is 21.3. The molecule has 1 saturated carbocycles. The van der Waals surface area contributed by atoms with Gasteiger partial charge >= 0.3 is 0 Å². The predicted molar refractivity (Wildman–Crippen MR) is 102 cm³/mol. The van der Waals surface area contributed by atoms with E-state index in [0.717, 1.165) is 35.4 Å². The summed E-state index contributed by atoms with van der Waals surface area (Å²) in [4.78, 5) is 2.52. The average molecular weight is 378 g/mol. The Balaban J connectivity index is 1.70. The van der Waals surface area contributed by atoms with Crippen molar-refractivity contribution < 1.29 is 0 Å². The van der Waals surface area contributed by atoms with Crippen LogP contribution in [0.15, 0.2) is 24.3 Å². The Morgan fingerprint density at radius 3 is 2.48 bits per heavy atom. The lowest BCUT2D eigenvalue weighted by Gasteiger charge is -2.35. The zero-order valence-corrected chi connectivity index (χ0v) is 15.9. The molecular weight excluding hydrogens is 354 g/mol. The minimum Gasteiger partial charge on any atom is -0.288 e. The standard InChI is InChI=1S/C18H24ClN5S/c19-15-8-6-14(7-9-15)17(23-10-12-25-13-11-23)18-20-21-22-24(18)16-4-2-1-3-5-16/h6-9,16-17H,1-5,10-13H2/t17-/m1/s1. The molecule has 2 heterocycles. The minimum atomic E-state index is 0.107. The number of hydrogen-bond acceptors (Lipinski definition) is 5. The molecule has 0 spiro atoms. The molecule has 0 radical (unpaired) electrons. The Labute approximate surface area is 158 Å². The highest BCUT2D eigenvalue weighted by atomic mass is 35.5. The lowest BCUT2D eigenvalue weighted by Crippen LogP contribution is -2.38. The van der Waals surface area contributed by atoms with Crippen LogP contribution in [0.4, 0.5) is 0 Å². The number of halogens is 1. The molecule has 1 aliphatic carbocycles. The van der Waals surface area contributed by atoms with Crippen molar-refractivity contribution in [2.45, 2.75) is 44.2 Å². The highest BCUT2D eigenvalue weighted by molar-refractivity contribution is 7.99. The highest BCUT2D eigenvalue weighted by Crippen LogP contribution is 2.34. The molecule has 2 fully saturated rings. The van der Waals surface area contributed by atoms with E-state index in [-0.39, 0.29) is 6.04 Å². The molecule has 2 aliphatic rings. The highest BCUT2D eigenvalue weighted by Gasteiger charge is 2.31. The molecule has 4 rings (SSSR count). The van der Waals surface area contributed by atoms with Gasteiger partial charge in [-0.3, -0.25) is 4.90 Å². The third kappa shape index (κ3) is 3.86. The Kier molecular flexibility index (Phi) is 5.58. The van der Waals surface area contributed by atoms with E-state index in [1.54, 1.807) is 0 Å². The van der Waals surface area contributed by atoms with Gasteiger partial charge in [0.25, 0.3) is 0 Å². The summed E-state index contributed by atoms with van der Waals surface area (Å²) in [5.74, 6) is 3.31. The van der Waals surface area contributed by atoms with E-state index in [2.05, 4.69) is 37.2 Å². The number of benzene rings is 1. The second-order valence-electron chi connectivity index (χ2n) is 6.88. The zero-order chi connectivity index (χ0) is 17.1. The number of hydrogen-bond donors (Lipinski definition) is 0. The van der Waals surface area contributed by atoms with Gasteiger partial charge in [-0.2, -0.15) is 11.8 Å². The van der Waals surface area contributed by atoms with E-state index in [1.807, 2.05) is 23.9 Å². The predicted octanol–water partition coefficient (Wildman–Crippen LogP) is 3.97. The summed E-state index contributed by atoms with van der Waals surface area (Å²) in [6.07, 6.45) is 6.24. The van der Waals surface area contributed by atoms with Crippen molar-refractivity contribution in [2.24, 2.45) is 0 Å². The summed E-state index contributed by atoms with van der Waals surface area (Å²) in [7, 11) is 0. The van der Waals surface area contributed by atoms with Crippen molar-refractivity contribution >= 4 is 23.4 Å². The maximum atomic E-state index is 6.12. The van der Waals surface area contributed by atoms with Crippen LogP contribution in [0.5, 0.6) is 0 Å². The third-order valence-corrected chi connectivity index (χ3v) is 6.47. The summed E-state index contributed by atoms with van der Waals surface area (Å²) < 4.78 is 2.11. The van der Waals surface area contributed by atoms with Gasteiger partial charge in [0.2, 0.25) is 0 Å². The summed E-state index contributed by atoms with van der Waals surface area (Å²) in [6.45, 7) is 2.13. The molecule has 2 aromatic rings. The minimum absolute atomic E-state index is 0.107. The first-order valence-electron chi connectivity index (χ1n) is 9.18. The molecule has 25 heavy (non-hydrogen) atoms. The van der Waals surface area contributed by atoms with Crippen LogP contribution in [0.1, 0.15) is 55.6 Å². The Morgan fingerprint density at radius 1 is 1.04 bits per heavy atom. The quantitative estimate of drug-likeness (QED) is 0.806. The van der Waals surface area contributed by atoms with Crippen molar-refractivity contribution in [3.05, 3.63) is 40.7 Å². The molecule has 5 nitrogen and oxygen atoms in total. The summed E-state index contributed by atoms with van der Waals surface area (Å²) >= 11 is 8.14. The largest absolute Gasteiger partial charge is 0.288 e. The number of tetrazole rings is 1. The first kappa shape index (κ1) is 17.3. The van der Waals surface area contributed by atoms with Crippen molar-refractivity contribution in [3.8, 4) is 0 Å². The van der Waals surface area contributed by atoms with Gasteiger partial charge in [0, 0.05) is 29.6 Å². The molecular formula is C18H24ClN5S. The zero-order valence-electron chi connectivity index (χ0n) is 14.4. The van der Waals surface area contributed by atoms with E-state index in [9.17, 15) is 0 Å². The van der Waals surface area contributed by atoms with Crippen LogP contribution in [0, 0.1) is 0 Å². The van der Waals surface area contributed by atoms with Crippen molar-refractivity contribution in [1.82, 2.24) is 25.1 Å². The summed E-state index contributed by atoms with van der Waals surface area (Å²) in [5, 5.41) is 13.7. The maximum absolute atomic E-state index is 6.12. The number of nitrogens with zero attached hydrogens (tertiary/aromatic N) is 5. The third-order valence-electron chi connectivity index (χ3n) is 5.28. The Hall–Kier alpha value is -1.11. The molecule has 1 saturated heterocycles. The van der Waals surface area contributed by atoms with Crippen LogP contribution in [0.25, 0.3) is 0 Å². The monoisotopic (exact) mass is 377 g/mol. The topological polar surface area (TPSA) is 46.8 Å². The second-order valence-corrected chi connectivity index (χ2v) is 8.54. The number of rotatable bonds is 4. The van der Waals surface area contributed by atoms with E-state index in [1.165, 1.54) is 37.7 Å². The SMILES string of the molecule is Clc1ccc([C@H](c2nnnn2C2CCCCC2)N2CCSCC2)cc1. The van der Waals surface area contributed by atoms with Crippen LogP contribution in [-0.4, -0.2) is 49.7 Å². The summed E-state index contributed by atoms with van der Waals surface area (Å²) in [5.41, 5.74) is 1.23. The Morgan fingerprint density at radius 2 is 1.76 bits per heavy atom. The summed E-state index contributed by atoms with van der Waals surface area (Å²) in [6, 6.07) is 8.72. The van der Waals surface area contributed by atoms with E-state index in [0.29, 0.717) is 6.04 Å². The van der Waals surface area contributed by atoms with Crippen LogP contribution in [0.2, 0.25) is 5.02 Å². The van der Waals surface area contributed by atoms with Gasteiger partial charge < -0.3 is 0 Å². The molecule has 0 N–H and O–H groups in total. The lowest BCUT2D eigenvalue weighted by atomic mass is 9.95. The van der Waals surface area contributed by atoms with Crippen LogP contribution >= 0.6 is 23.4 Å². The van der Waals surface area contributed by atoms with Crippen LogP contribution < -0.4 is 0 Å². The fourth-order valence-corrected chi connectivity index (χ4v) is 5.03. The molecule has 7 heteroatoms. The van der Waals surface area contributed by atoms with Gasteiger partial charge in [0.05, 0.1) is 12.1 Å². The van der Waals surface area contributed by atoms with Gasteiger partial charge in [0.15, 0.2) is 5.82 Å². The number of thioether (sulfide) groups is 1. The van der Waals surface area contributed by atoms with Crippen molar-refractivity contribution in [1.29, 1.82) is 0 Å². The lowest BCUT2D eigenvalue weighted by molar-refractivity contribution is 0.222. The molecule has 1 aliphatic heterocycles. The van der Waals surface area contributed by atoms with Crippen molar-refractivity contribution in [2.75, 3.05) is 24.6 Å².